The molecule has 25 heavy (non-hydrogen) atoms. The van der Waals surface area contributed by atoms with Crippen LogP contribution in [0.2, 0.25) is 0 Å². The Bertz CT molecular complexity index is 849. The number of anilines is 1. The molecule has 130 valence electrons. The minimum Gasteiger partial charge on any atom is -0.361 e. The number of aromatic amines is 1. The second kappa shape index (κ2) is 7.99. The number of carbonyl (C=O) groups excluding carboxylic acids is 1. The number of hydrogen-bond donors (Lipinski definition) is 2. The molecule has 3 rings (SSSR count). The van der Waals surface area contributed by atoms with Crippen molar-refractivity contribution in [3.63, 3.8) is 0 Å². The number of nitrogens with one attached hydrogen (secondary N) is 2. The molecule has 0 aliphatic rings. The maximum atomic E-state index is 12.4. The number of benzene rings is 2. The molecule has 0 aliphatic heterocycles. The Balaban J connectivity index is 1.66. The van der Waals surface area contributed by atoms with Gasteiger partial charge in [-0.2, -0.15) is 0 Å². The van der Waals surface area contributed by atoms with Crippen LogP contribution in [0.1, 0.15) is 25.0 Å². The predicted molar refractivity (Wildman–Crippen MR) is 104 cm³/mol. The van der Waals surface area contributed by atoms with Crippen LogP contribution >= 0.6 is 0 Å². The first-order valence-corrected chi connectivity index (χ1v) is 8.85. The van der Waals surface area contributed by atoms with Gasteiger partial charge in [-0.3, -0.25) is 9.69 Å². The smallest absolute Gasteiger partial charge is 0.228 e. The van der Waals surface area contributed by atoms with E-state index in [-0.39, 0.29) is 5.91 Å². The van der Waals surface area contributed by atoms with Crippen LogP contribution in [0.3, 0.4) is 0 Å². The summed E-state index contributed by atoms with van der Waals surface area (Å²) in [5.74, 6) is 0.00439. The zero-order valence-corrected chi connectivity index (χ0v) is 14.9. The van der Waals surface area contributed by atoms with E-state index < -0.39 is 0 Å². The second-order valence-electron chi connectivity index (χ2n) is 6.25. The van der Waals surface area contributed by atoms with Crippen molar-refractivity contribution in [3.8, 4) is 0 Å². The Hall–Kier alpha value is -2.59. The molecule has 0 atom stereocenters. The molecule has 4 nitrogen and oxygen atoms in total. The van der Waals surface area contributed by atoms with Gasteiger partial charge in [-0.15, -0.1) is 0 Å². The lowest BCUT2D eigenvalue weighted by atomic mass is 10.1. The topological polar surface area (TPSA) is 48.1 Å². The van der Waals surface area contributed by atoms with Crippen molar-refractivity contribution in [1.82, 2.24) is 9.88 Å². The van der Waals surface area contributed by atoms with E-state index in [1.54, 1.807) is 0 Å². The lowest BCUT2D eigenvalue weighted by Gasteiger charge is -2.18. The molecule has 0 aliphatic carbocycles. The van der Waals surface area contributed by atoms with Crippen molar-refractivity contribution in [1.29, 1.82) is 0 Å². The number of aromatic nitrogens is 1. The van der Waals surface area contributed by atoms with Crippen molar-refractivity contribution in [3.05, 3.63) is 65.9 Å². The maximum Gasteiger partial charge on any atom is 0.228 e. The first-order chi connectivity index (χ1) is 12.2. The van der Waals surface area contributed by atoms with Gasteiger partial charge in [-0.25, -0.2) is 0 Å². The van der Waals surface area contributed by atoms with Crippen LogP contribution in [0.25, 0.3) is 10.9 Å². The number of para-hydroxylation sites is 1. The van der Waals surface area contributed by atoms with E-state index in [0.717, 1.165) is 41.8 Å². The minimum atomic E-state index is 0.00439. The third kappa shape index (κ3) is 4.28. The number of H-pyrrole nitrogens is 1. The SMILES string of the molecule is CCN(CC)Cc1cccc(NC(=O)Cc2c[nH]c3ccccc23)c1. The molecule has 1 amide bonds. The summed E-state index contributed by atoms with van der Waals surface area (Å²) in [6.45, 7) is 7.27. The summed E-state index contributed by atoms with van der Waals surface area (Å²) in [7, 11) is 0. The Kier molecular flexibility index (Phi) is 5.51. The highest BCUT2D eigenvalue weighted by Crippen LogP contribution is 2.19. The second-order valence-corrected chi connectivity index (χ2v) is 6.25. The van der Waals surface area contributed by atoms with Crippen LogP contribution < -0.4 is 5.32 Å². The Morgan fingerprint density at radius 2 is 1.88 bits per heavy atom. The van der Waals surface area contributed by atoms with Gasteiger partial charge in [-0.05, 0) is 42.4 Å². The standard InChI is InChI=1S/C21H25N3O/c1-3-24(4-2)15-16-8-7-9-18(12-16)23-21(25)13-17-14-22-20-11-6-5-10-19(17)20/h5-12,14,22H,3-4,13,15H2,1-2H3,(H,23,25). The molecule has 4 heteroatoms. The Morgan fingerprint density at radius 3 is 2.68 bits per heavy atom. The molecule has 1 heterocycles. The van der Waals surface area contributed by atoms with E-state index in [1.165, 1.54) is 5.56 Å². The fraction of sp³-hybridized carbons (Fsp3) is 0.286. The first-order valence-electron chi connectivity index (χ1n) is 8.85. The molecule has 0 unspecified atom stereocenters. The van der Waals surface area contributed by atoms with E-state index in [2.05, 4.69) is 41.2 Å². The lowest BCUT2D eigenvalue weighted by Crippen LogP contribution is -2.22. The molecule has 2 aromatic carbocycles. The van der Waals surface area contributed by atoms with Crippen molar-refractivity contribution < 1.29 is 4.79 Å². The average molecular weight is 335 g/mol. The molecule has 0 radical (unpaired) electrons. The molecule has 0 saturated heterocycles. The maximum absolute atomic E-state index is 12.4. The molecule has 2 N–H and O–H groups in total. The summed E-state index contributed by atoms with van der Waals surface area (Å²) in [4.78, 5) is 18.0. The summed E-state index contributed by atoms with van der Waals surface area (Å²) in [6, 6.07) is 16.2. The highest BCUT2D eigenvalue weighted by Gasteiger charge is 2.09. The van der Waals surface area contributed by atoms with Crippen LogP contribution in [0.15, 0.2) is 54.7 Å². The van der Waals surface area contributed by atoms with Gasteiger partial charge in [0.2, 0.25) is 5.91 Å². The summed E-state index contributed by atoms with van der Waals surface area (Å²) in [6.07, 6.45) is 2.28. The zero-order valence-electron chi connectivity index (χ0n) is 14.9. The van der Waals surface area contributed by atoms with Crippen LogP contribution in [-0.4, -0.2) is 28.9 Å². The number of fused-ring (bicyclic) bond motifs is 1. The van der Waals surface area contributed by atoms with Gasteiger partial charge in [-0.1, -0.05) is 44.2 Å². The third-order valence-corrected chi connectivity index (χ3v) is 4.54. The fourth-order valence-electron chi connectivity index (χ4n) is 3.11. The van der Waals surface area contributed by atoms with Crippen molar-refractivity contribution >= 4 is 22.5 Å². The summed E-state index contributed by atoms with van der Waals surface area (Å²) >= 11 is 0. The molecule has 0 saturated carbocycles. The largest absolute Gasteiger partial charge is 0.361 e. The van der Waals surface area contributed by atoms with Crippen molar-refractivity contribution in [2.75, 3.05) is 18.4 Å². The molecular formula is C21H25N3O. The molecule has 1 aromatic heterocycles. The highest BCUT2D eigenvalue weighted by molar-refractivity contribution is 5.95. The summed E-state index contributed by atoms with van der Waals surface area (Å²) in [5.41, 5.74) is 4.15. The number of nitrogens with zero attached hydrogens (tertiary/aromatic N) is 1. The highest BCUT2D eigenvalue weighted by atomic mass is 16.1. The number of rotatable bonds is 7. The van der Waals surface area contributed by atoms with Gasteiger partial charge in [0.05, 0.1) is 6.42 Å². The van der Waals surface area contributed by atoms with E-state index >= 15 is 0 Å². The minimum absolute atomic E-state index is 0.00439. The van der Waals surface area contributed by atoms with E-state index in [9.17, 15) is 4.79 Å². The lowest BCUT2D eigenvalue weighted by molar-refractivity contribution is -0.115. The first kappa shape index (κ1) is 17.2. The normalized spacial score (nSPS) is 11.2. The quantitative estimate of drug-likeness (QED) is 0.680. The Labute approximate surface area is 148 Å². The van der Waals surface area contributed by atoms with Crippen molar-refractivity contribution in [2.45, 2.75) is 26.8 Å². The number of amides is 1. The Morgan fingerprint density at radius 1 is 1.08 bits per heavy atom. The fourth-order valence-corrected chi connectivity index (χ4v) is 3.11. The number of carbonyl (C=O) groups is 1. The van der Waals surface area contributed by atoms with E-state index in [4.69, 9.17) is 0 Å². The van der Waals surface area contributed by atoms with Gasteiger partial charge in [0.25, 0.3) is 0 Å². The molecular weight excluding hydrogens is 310 g/mol. The third-order valence-electron chi connectivity index (χ3n) is 4.54. The van der Waals surface area contributed by atoms with E-state index in [0.29, 0.717) is 6.42 Å². The van der Waals surface area contributed by atoms with Gasteiger partial charge in [0.15, 0.2) is 0 Å². The number of hydrogen-bond acceptors (Lipinski definition) is 2. The van der Waals surface area contributed by atoms with Gasteiger partial charge in [0.1, 0.15) is 0 Å². The van der Waals surface area contributed by atoms with Crippen LogP contribution in [0.4, 0.5) is 5.69 Å². The average Bonchev–Trinajstić information content (AvgIpc) is 3.03. The van der Waals surface area contributed by atoms with E-state index in [1.807, 2.05) is 42.6 Å². The molecule has 3 aromatic rings. The van der Waals surface area contributed by atoms with Gasteiger partial charge >= 0.3 is 0 Å². The zero-order chi connectivity index (χ0) is 17.6. The van der Waals surface area contributed by atoms with Gasteiger partial charge < -0.3 is 10.3 Å². The summed E-state index contributed by atoms with van der Waals surface area (Å²) in [5, 5.41) is 4.13. The van der Waals surface area contributed by atoms with Crippen molar-refractivity contribution in [2.24, 2.45) is 0 Å². The molecule has 0 bridgehead atoms. The van der Waals surface area contributed by atoms with Crippen LogP contribution in [-0.2, 0) is 17.8 Å². The predicted octanol–water partition coefficient (Wildman–Crippen LogP) is 4.19. The van der Waals surface area contributed by atoms with Gasteiger partial charge in [0, 0.05) is 29.3 Å². The van der Waals surface area contributed by atoms with Crippen LogP contribution in [0, 0.1) is 0 Å². The molecule has 0 spiro atoms. The summed E-state index contributed by atoms with van der Waals surface area (Å²) < 4.78 is 0. The molecule has 0 fully saturated rings. The monoisotopic (exact) mass is 335 g/mol. The van der Waals surface area contributed by atoms with Crippen LogP contribution in [0.5, 0.6) is 0 Å².